The van der Waals surface area contributed by atoms with Crippen LogP contribution in [0.3, 0.4) is 0 Å². The predicted molar refractivity (Wildman–Crippen MR) is 87.5 cm³/mol. The third-order valence-corrected chi connectivity index (χ3v) is 3.96. The standard InChI is InChI=1S/C15H30N6/c1-11-10-21(8-7-18-11)12-9-15(17,20-13(16)19-12)6-5-14(2,3)4/h9,11,18H,5-8,10,17H2,1-4H3,(H3,16,19,20). The molecule has 0 aromatic carbocycles. The average Bonchev–Trinajstić information content (AvgIpc) is 2.35. The Hall–Kier alpha value is -1.27. The molecule has 2 atom stereocenters. The van der Waals surface area contributed by atoms with Gasteiger partial charge in [-0.1, -0.05) is 20.8 Å². The third-order valence-electron chi connectivity index (χ3n) is 3.96. The van der Waals surface area contributed by atoms with Crippen molar-refractivity contribution >= 4 is 5.96 Å². The summed E-state index contributed by atoms with van der Waals surface area (Å²) in [5.41, 5.74) is 12.0. The number of rotatable bonds is 3. The molecule has 6 heteroatoms. The summed E-state index contributed by atoms with van der Waals surface area (Å²) in [5, 5.41) is 6.60. The first-order valence-corrected chi connectivity index (χ1v) is 7.79. The van der Waals surface area contributed by atoms with Gasteiger partial charge in [0, 0.05) is 25.7 Å². The van der Waals surface area contributed by atoms with Gasteiger partial charge in [-0.05, 0) is 31.3 Å². The molecular formula is C15H30N6. The van der Waals surface area contributed by atoms with Crippen molar-refractivity contribution in [3.63, 3.8) is 0 Å². The summed E-state index contributed by atoms with van der Waals surface area (Å²) in [6.45, 7) is 11.7. The quantitative estimate of drug-likeness (QED) is 0.609. The molecule has 0 amide bonds. The Balaban J connectivity index is 2.11. The number of piperazine rings is 1. The highest BCUT2D eigenvalue weighted by Crippen LogP contribution is 2.28. The molecule has 120 valence electrons. The number of nitrogens with one attached hydrogen (secondary N) is 2. The molecule has 2 aliphatic rings. The van der Waals surface area contributed by atoms with Crippen LogP contribution in [0.15, 0.2) is 16.9 Å². The zero-order valence-corrected chi connectivity index (χ0v) is 13.7. The number of nitrogens with two attached hydrogens (primary N) is 2. The smallest absolute Gasteiger partial charge is 0.196 e. The fourth-order valence-corrected chi connectivity index (χ4v) is 2.71. The van der Waals surface area contributed by atoms with E-state index in [1.165, 1.54) is 0 Å². The lowest BCUT2D eigenvalue weighted by Crippen LogP contribution is -2.55. The minimum absolute atomic E-state index is 0.235. The lowest BCUT2D eigenvalue weighted by atomic mass is 9.86. The number of hydrogen-bond donors (Lipinski definition) is 4. The highest BCUT2D eigenvalue weighted by molar-refractivity contribution is 5.81. The second kappa shape index (κ2) is 5.85. The molecule has 0 radical (unpaired) electrons. The van der Waals surface area contributed by atoms with Crippen molar-refractivity contribution in [2.45, 2.75) is 52.2 Å². The van der Waals surface area contributed by atoms with Gasteiger partial charge in [-0.15, -0.1) is 0 Å². The summed E-state index contributed by atoms with van der Waals surface area (Å²) >= 11 is 0. The third kappa shape index (κ3) is 4.61. The van der Waals surface area contributed by atoms with Crippen LogP contribution in [0.25, 0.3) is 0 Å². The van der Waals surface area contributed by atoms with E-state index >= 15 is 0 Å². The fraction of sp³-hybridized carbons (Fsp3) is 0.800. The highest BCUT2D eigenvalue weighted by Gasteiger charge is 2.31. The van der Waals surface area contributed by atoms with E-state index in [0.717, 1.165) is 38.3 Å². The molecule has 2 unspecified atom stereocenters. The maximum Gasteiger partial charge on any atom is 0.196 e. The van der Waals surface area contributed by atoms with Crippen molar-refractivity contribution in [3.05, 3.63) is 11.9 Å². The monoisotopic (exact) mass is 294 g/mol. The minimum Gasteiger partial charge on any atom is -0.370 e. The SMILES string of the molecule is CC1CN(C2=CC(N)(CCC(C)(C)C)N=C(N)N2)CCN1. The largest absolute Gasteiger partial charge is 0.370 e. The first-order chi connectivity index (χ1) is 9.67. The molecule has 6 nitrogen and oxygen atoms in total. The van der Waals surface area contributed by atoms with Crippen LogP contribution < -0.4 is 22.1 Å². The molecule has 1 fully saturated rings. The average molecular weight is 294 g/mol. The second-order valence-electron chi connectivity index (χ2n) is 7.50. The molecule has 2 rings (SSSR count). The summed E-state index contributed by atoms with van der Waals surface area (Å²) in [6, 6.07) is 0.461. The maximum absolute atomic E-state index is 6.46. The molecular weight excluding hydrogens is 264 g/mol. The summed E-state index contributed by atoms with van der Waals surface area (Å²) in [7, 11) is 0. The van der Waals surface area contributed by atoms with Crippen LogP contribution in [0.4, 0.5) is 0 Å². The molecule has 6 N–H and O–H groups in total. The zero-order valence-electron chi connectivity index (χ0n) is 13.7. The molecule has 0 aromatic heterocycles. The lowest BCUT2D eigenvalue weighted by molar-refractivity contribution is 0.240. The predicted octanol–water partition coefficient (Wildman–Crippen LogP) is 0.521. The molecule has 0 aliphatic carbocycles. The van der Waals surface area contributed by atoms with Gasteiger partial charge in [-0.25, -0.2) is 4.99 Å². The Kier molecular flexibility index (Phi) is 4.49. The van der Waals surface area contributed by atoms with Crippen LogP contribution in [-0.4, -0.2) is 42.2 Å². The molecule has 21 heavy (non-hydrogen) atoms. The first kappa shape index (κ1) is 16.1. The summed E-state index contributed by atoms with van der Waals surface area (Å²) < 4.78 is 0. The van der Waals surface area contributed by atoms with Gasteiger partial charge in [-0.2, -0.15) is 0 Å². The van der Waals surface area contributed by atoms with Crippen molar-refractivity contribution in [2.24, 2.45) is 21.9 Å². The molecule has 0 bridgehead atoms. The van der Waals surface area contributed by atoms with E-state index in [-0.39, 0.29) is 5.41 Å². The van der Waals surface area contributed by atoms with E-state index < -0.39 is 5.66 Å². The van der Waals surface area contributed by atoms with Gasteiger partial charge in [0.05, 0.1) is 0 Å². The molecule has 1 saturated heterocycles. The van der Waals surface area contributed by atoms with Crippen LogP contribution in [0.1, 0.15) is 40.5 Å². The van der Waals surface area contributed by atoms with E-state index in [0.29, 0.717) is 12.0 Å². The van der Waals surface area contributed by atoms with E-state index in [2.05, 4.69) is 48.2 Å². The topological polar surface area (TPSA) is 91.7 Å². The Bertz CT molecular complexity index is 436. The van der Waals surface area contributed by atoms with Gasteiger partial charge in [0.2, 0.25) is 0 Å². The Labute approximate surface area is 128 Å². The molecule has 0 spiro atoms. The van der Waals surface area contributed by atoms with Gasteiger partial charge < -0.3 is 27.0 Å². The Morgan fingerprint density at radius 1 is 1.48 bits per heavy atom. The number of hydrogen-bond acceptors (Lipinski definition) is 6. The van der Waals surface area contributed by atoms with E-state index in [1.54, 1.807) is 0 Å². The van der Waals surface area contributed by atoms with E-state index in [9.17, 15) is 0 Å². The molecule has 2 heterocycles. The van der Waals surface area contributed by atoms with Crippen molar-refractivity contribution in [2.75, 3.05) is 19.6 Å². The van der Waals surface area contributed by atoms with E-state index in [1.807, 2.05) is 6.08 Å². The molecule has 0 saturated carbocycles. The first-order valence-electron chi connectivity index (χ1n) is 7.79. The van der Waals surface area contributed by atoms with Crippen LogP contribution >= 0.6 is 0 Å². The summed E-state index contributed by atoms with van der Waals surface area (Å²) in [5.74, 6) is 1.40. The van der Waals surface area contributed by atoms with Gasteiger partial charge in [-0.3, -0.25) is 0 Å². The normalized spacial score (nSPS) is 30.5. The van der Waals surface area contributed by atoms with Crippen molar-refractivity contribution in [3.8, 4) is 0 Å². The Morgan fingerprint density at radius 3 is 2.81 bits per heavy atom. The van der Waals surface area contributed by atoms with Gasteiger partial charge >= 0.3 is 0 Å². The molecule has 2 aliphatic heterocycles. The number of nitrogens with zero attached hydrogens (tertiary/aromatic N) is 2. The maximum atomic E-state index is 6.46. The van der Waals surface area contributed by atoms with Crippen LogP contribution in [0.2, 0.25) is 0 Å². The van der Waals surface area contributed by atoms with E-state index in [4.69, 9.17) is 11.5 Å². The number of guanidine groups is 1. The zero-order chi connectivity index (χ0) is 15.7. The fourth-order valence-electron chi connectivity index (χ4n) is 2.71. The van der Waals surface area contributed by atoms with Gasteiger partial charge in [0.25, 0.3) is 0 Å². The minimum atomic E-state index is -0.702. The Morgan fingerprint density at radius 2 is 2.19 bits per heavy atom. The highest BCUT2D eigenvalue weighted by atomic mass is 15.3. The lowest BCUT2D eigenvalue weighted by Gasteiger charge is -2.39. The second-order valence-corrected chi connectivity index (χ2v) is 7.50. The van der Waals surface area contributed by atoms with Crippen LogP contribution in [0, 0.1) is 5.41 Å². The van der Waals surface area contributed by atoms with Gasteiger partial charge in [0.1, 0.15) is 11.5 Å². The van der Waals surface area contributed by atoms with Gasteiger partial charge in [0.15, 0.2) is 5.96 Å². The molecule has 0 aromatic rings. The van der Waals surface area contributed by atoms with Crippen molar-refractivity contribution in [1.82, 2.24) is 15.5 Å². The summed E-state index contributed by atoms with van der Waals surface area (Å²) in [4.78, 5) is 6.72. The van der Waals surface area contributed by atoms with Crippen molar-refractivity contribution < 1.29 is 0 Å². The number of aliphatic imine (C=N–C) groups is 1. The summed E-state index contributed by atoms with van der Waals surface area (Å²) in [6.07, 6.45) is 3.83. The van der Waals surface area contributed by atoms with Crippen molar-refractivity contribution in [1.29, 1.82) is 0 Å². The van der Waals surface area contributed by atoms with Crippen LogP contribution in [0.5, 0.6) is 0 Å². The van der Waals surface area contributed by atoms with Crippen LogP contribution in [-0.2, 0) is 0 Å².